The second-order valence-electron chi connectivity index (χ2n) is 8.31. The lowest BCUT2D eigenvalue weighted by molar-refractivity contribution is 0.374. The summed E-state index contributed by atoms with van der Waals surface area (Å²) in [6.45, 7) is 3.70. The first-order valence-corrected chi connectivity index (χ1v) is 11.0. The number of piperidine rings is 1. The molecule has 2 aromatic heterocycles. The van der Waals surface area contributed by atoms with Crippen LogP contribution in [0.3, 0.4) is 0 Å². The van der Waals surface area contributed by atoms with Gasteiger partial charge in [0.2, 0.25) is 5.95 Å². The van der Waals surface area contributed by atoms with Crippen LogP contribution in [0.2, 0.25) is 5.02 Å². The highest BCUT2D eigenvalue weighted by atomic mass is 35.5. The van der Waals surface area contributed by atoms with Crippen LogP contribution in [0.5, 0.6) is 11.8 Å². The number of ether oxygens (including phenoxy) is 1. The Morgan fingerprint density at radius 2 is 1.97 bits per heavy atom. The molecule has 3 heterocycles. The Morgan fingerprint density at radius 3 is 2.67 bits per heavy atom. The van der Waals surface area contributed by atoms with E-state index in [1.165, 1.54) is 22.9 Å². The van der Waals surface area contributed by atoms with Gasteiger partial charge in [0.05, 0.1) is 11.2 Å². The molecular formula is C22H22ClF2N7O. The van der Waals surface area contributed by atoms with E-state index in [0.29, 0.717) is 24.1 Å². The van der Waals surface area contributed by atoms with E-state index < -0.39 is 5.82 Å². The summed E-state index contributed by atoms with van der Waals surface area (Å²) >= 11 is 5.82. The standard InChI is InChI=1S/C22H22ClF2N7O/c1-13-8-19(27-12-26-13)31-10-14-2-3-15(11-31)20(14)28-21-29-22(32(30-21)7-6-24)33-16-4-5-18(25)17(23)9-16/h4-9,12,14-15,20H,2-3,10-11H2,1H3,(H,28,30)/b7-6+. The Bertz CT molecular complexity index is 1170. The fourth-order valence-electron chi connectivity index (χ4n) is 4.64. The minimum absolute atomic E-state index is 0.0373. The van der Waals surface area contributed by atoms with Crippen LogP contribution in [-0.4, -0.2) is 43.9 Å². The highest BCUT2D eigenvalue weighted by Gasteiger charge is 2.43. The molecule has 8 nitrogen and oxygen atoms in total. The Kier molecular flexibility index (Phi) is 5.84. The Hall–Kier alpha value is -3.27. The maximum absolute atomic E-state index is 13.4. The zero-order valence-electron chi connectivity index (χ0n) is 17.8. The predicted octanol–water partition coefficient (Wildman–Crippen LogP) is 4.69. The SMILES string of the molecule is Cc1cc(N2CC3CCC(C2)C3Nc2nc(Oc3ccc(F)c(Cl)c3)n(/C=C/F)n2)ncn1. The van der Waals surface area contributed by atoms with Gasteiger partial charge in [-0.3, -0.25) is 0 Å². The van der Waals surface area contributed by atoms with Crippen LogP contribution < -0.4 is 15.0 Å². The molecule has 1 aliphatic carbocycles. The molecular weight excluding hydrogens is 452 g/mol. The highest BCUT2D eigenvalue weighted by molar-refractivity contribution is 6.30. The van der Waals surface area contributed by atoms with Crippen LogP contribution in [0.15, 0.2) is 36.9 Å². The lowest BCUT2D eigenvalue weighted by atomic mass is 9.92. The van der Waals surface area contributed by atoms with Crippen LogP contribution in [0.25, 0.3) is 6.20 Å². The number of aryl methyl sites for hydroxylation is 1. The van der Waals surface area contributed by atoms with Gasteiger partial charge in [-0.25, -0.2) is 18.7 Å². The summed E-state index contributed by atoms with van der Waals surface area (Å²) in [5.74, 6) is 1.77. The van der Waals surface area contributed by atoms with Gasteiger partial charge in [0.25, 0.3) is 0 Å². The molecule has 11 heteroatoms. The zero-order valence-corrected chi connectivity index (χ0v) is 18.6. The molecule has 0 amide bonds. The number of hydrogen-bond acceptors (Lipinski definition) is 7. The lowest BCUT2D eigenvalue weighted by Gasteiger charge is -2.38. The van der Waals surface area contributed by atoms with Gasteiger partial charge < -0.3 is 15.0 Å². The monoisotopic (exact) mass is 473 g/mol. The Balaban J connectivity index is 1.32. The molecule has 2 atom stereocenters. The third-order valence-electron chi connectivity index (χ3n) is 6.14. The highest BCUT2D eigenvalue weighted by Crippen LogP contribution is 2.40. The Morgan fingerprint density at radius 1 is 1.18 bits per heavy atom. The number of nitrogens with one attached hydrogen (secondary N) is 1. The van der Waals surface area contributed by atoms with Gasteiger partial charge in [-0.05, 0) is 43.7 Å². The number of hydrogen-bond donors (Lipinski definition) is 1. The molecule has 2 unspecified atom stereocenters. The molecule has 1 saturated carbocycles. The number of rotatable bonds is 6. The van der Waals surface area contributed by atoms with Crippen molar-refractivity contribution in [3.05, 3.63) is 53.5 Å². The number of benzene rings is 1. The molecule has 0 radical (unpaired) electrons. The number of halogens is 3. The normalized spacial score (nSPS) is 22.2. The minimum atomic E-state index is -0.560. The average Bonchev–Trinajstić information content (AvgIpc) is 3.26. The van der Waals surface area contributed by atoms with E-state index in [9.17, 15) is 8.78 Å². The second kappa shape index (κ2) is 8.93. The summed E-state index contributed by atoms with van der Waals surface area (Å²) in [5.41, 5.74) is 0.943. The molecule has 0 spiro atoms. The summed E-state index contributed by atoms with van der Waals surface area (Å²) < 4.78 is 33.2. The maximum atomic E-state index is 13.4. The molecule has 2 aliphatic rings. The molecule has 2 fully saturated rings. The minimum Gasteiger partial charge on any atom is -0.424 e. The number of aromatic nitrogens is 5. The molecule has 172 valence electrons. The van der Waals surface area contributed by atoms with Crippen molar-refractivity contribution in [2.24, 2.45) is 11.8 Å². The van der Waals surface area contributed by atoms with Crippen molar-refractivity contribution in [3.8, 4) is 11.8 Å². The van der Waals surface area contributed by atoms with Crippen LogP contribution >= 0.6 is 11.6 Å². The summed E-state index contributed by atoms with van der Waals surface area (Å²) in [6, 6.07) is 6.15. The van der Waals surface area contributed by atoms with E-state index in [4.69, 9.17) is 16.3 Å². The topological polar surface area (TPSA) is 81.0 Å². The van der Waals surface area contributed by atoms with E-state index in [1.54, 1.807) is 6.33 Å². The van der Waals surface area contributed by atoms with Crippen molar-refractivity contribution >= 4 is 29.6 Å². The van der Waals surface area contributed by atoms with Gasteiger partial charge in [-0.2, -0.15) is 9.67 Å². The smallest absolute Gasteiger partial charge is 0.326 e. The van der Waals surface area contributed by atoms with E-state index in [1.807, 2.05) is 13.0 Å². The summed E-state index contributed by atoms with van der Waals surface area (Å²) in [7, 11) is 0. The summed E-state index contributed by atoms with van der Waals surface area (Å²) in [5, 5.41) is 7.66. The van der Waals surface area contributed by atoms with E-state index in [0.717, 1.165) is 43.6 Å². The summed E-state index contributed by atoms with van der Waals surface area (Å²) in [4.78, 5) is 15.3. The lowest BCUT2D eigenvalue weighted by Crippen LogP contribution is -2.48. The van der Waals surface area contributed by atoms with E-state index in [-0.39, 0.29) is 22.8 Å². The van der Waals surface area contributed by atoms with Crippen molar-refractivity contribution in [2.75, 3.05) is 23.3 Å². The quantitative estimate of drug-likeness (QED) is 0.556. The first-order valence-electron chi connectivity index (χ1n) is 10.7. The van der Waals surface area contributed by atoms with Gasteiger partial charge >= 0.3 is 6.01 Å². The second-order valence-corrected chi connectivity index (χ2v) is 8.71. The van der Waals surface area contributed by atoms with Gasteiger partial charge in [0, 0.05) is 37.0 Å². The molecule has 1 saturated heterocycles. The third-order valence-corrected chi connectivity index (χ3v) is 6.43. The van der Waals surface area contributed by atoms with Crippen molar-refractivity contribution in [3.63, 3.8) is 0 Å². The van der Waals surface area contributed by atoms with Crippen LogP contribution in [-0.2, 0) is 0 Å². The van der Waals surface area contributed by atoms with Gasteiger partial charge in [-0.15, -0.1) is 5.10 Å². The van der Waals surface area contributed by atoms with Gasteiger partial charge in [-0.1, -0.05) is 11.6 Å². The molecule has 1 aliphatic heterocycles. The van der Waals surface area contributed by atoms with Crippen molar-refractivity contribution < 1.29 is 13.5 Å². The fourth-order valence-corrected chi connectivity index (χ4v) is 4.81. The zero-order chi connectivity index (χ0) is 22.9. The van der Waals surface area contributed by atoms with E-state index >= 15 is 0 Å². The largest absolute Gasteiger partial charge is 0.424 e. The molecule has 3 aromatic rings. The molecule has 1 aromatic carbocycles. The molecule has 33 heavy (non-hydrogen) atoms. The predicted molar refractivity (Wildman–Crippen MR) is 121 cm³/mol. The molecule has 5 rings (SSSR count). The Labute approximate surface area is 194 Å². The first kappa shape index (κ1) is 21.6. The van der Waals surface area contributed by atoms with Gasteiger partial charge in [0.1, 0.15) is 30.0 Å². The number of fused-ring (bicyclic) bond motifs is 2. The van der Waals surface area contributed by atoms with E-state index in [2.05, 4.69) is 30.3 Å². The average molecular weight is 474 g/mol. The van der Waals surface area contributed by atoms with Crippen molar-refractivity contribution in [2.45, 2.75) is 25.8 Å². The van der Waals surface area contributed by atoms with Crippen molar-refractivity contribution in [1.82, 2.24) is 24.7 Å². The van der Waals surface area contributed by atoms with Gasteiger partial charge in [0.15, 0.2) is 0 Å². The van der Waals surface area contributed by atoms with Crippen molar-refractivity contribution in [1.29, 1.82) is 0 Å². The summed E-state index contributed by atoms with van der Waals surface area (Å²) in [6.07, 6.45) is 5.21. The van der Waals surface area contributed by atoms with Crippen LogP contribution in [0.1, 0.15) is 18.5 Å². The first-order chi connectivity index (χ1) is 16.0. The molecule has 2 bridgehead atoms. The number of anilines is 2. The molecule has 1 N–H and O–H groups in total. The third kappa shape index (κ3) is 4.47. The van der Waals surface area contributed by atoms with Crippen LogP contribution in [0, 0.1) is 24.6 Å². The fraction of sp³-hybridized carbons (Fsp3) is 0.364. The number of nitrogens with zero attached hydrogens (tertiary/aromatic N) is 6. The maximum Gasteiger partial charge on any atom is 0.326 e. The van der Waals surface area contributed by atoms with Crippen LogP contribution in [0.4, 0.5) is 20.5 Å².